The molecule has 2 aromatic rings. The highest BCUT2D eigenvalue weighted by atomic mass is 16.7. The second kappa shape index (κ2) is 5.58. The first kappa shape index (κ1) is 12.5. The van der Waals surface area contributed by atoms with E-state index in [4.69, 9.17) is 9.47 Å². The van der Waals surface area contributed by atoms with Gasteiger partial charge in [-0.05, 0) is 49.2 Å². The molecule has 0 fully saturated rings. The zero-order chi connectivity index (χ0) is 13.0. The van der Waals surface area contributed by atoms with E-state index < -0.39 is 0 Å². The number of hydrogen-bond acceptors (Lipinski definition) is 2. The molecule has 0 saturated heterocycles. The van der Waals surface area contributed by atoms with Gasteiger partial charge in [-0.15, -0.1) is 0 Å². The molecule has 0 N–H and O–H groups in total. The van der Waals surface area contributed by atoms with Crippen molar-refractivity contribution in [2.75, 3.05) is 0 Å². The molecular weight excluding hydrogens is 224 g/mol. The Balaban J connectivity index is 1.98. The van der Waals surface area contributed by atoms with Crippen molar-refractivity contribution in [1.82, 2.24) is 0 Å². The maximum absolute atomic E-state index is 5.72. The molecule has 0 aliphatic heterocycles. The third-order valence-electron chi connectivity index (χ3n) is 2.58. The van der Waals surface area contributed by atoms with Crippen LogP contribution in [0.15, 0.2) is 48.5 Å². The van der Waals surface area contributed by atoms with Crippen molar-refractivity contribution in [2.45, 2.75) is 27.1 Å². The zero-order valence-electron chi connectivity index (χ0n) is 11.0. The number of hydrogen-bond donors (Lipinski definition) is 0. The van der Waals surface area contributed by atoms with E-state index in [0.29, 0.717) is 0 Å². The zero-order valence-corrected chi connectivity index (χ0v) is 11.0. The van der Waals surface area contributed by atoms with Gasteiger partial charge in [0.2, 0.25) is 6.29 Å². The Morgan fingerprint density at radius 3 is 1.61 bits per heavy atom. The van der Waals surface area contributed by atoms with Gasteiger partial charge in [-0.3, -0.25) is 0 Å². The van der Waals surface area contributed by atoms with Gasteiger partial charge in [0.1, 0.15) is 11.5 Å². The molecule has 0 unspecified atom stereocenters. The second-order valence-corrected chi connectivity index (χ2v) is 4.44. The van der Waals surface area contributed by atoms with Gasteiger partial charge in [0.05, 0.1) is 0 Å². The van der Waals surface area contributed by atoms with Crippen molar-refractivity contribution in [3.05, 3.63) is 59.7 Å². The van der Waals surface area contributed by atoms with Gasteiger partial charge in [0.25, 0.3) is 0 Å². The Bertz CT molecular complexity index is 473. The number of benzene rings is 2. The highest BCUT2D eigenvalue weighted by molar-refractivity contribution is 5.29. The molecule has 0 amide bonds. The van der Waals surface area contributed by atoms with Crippen LogP contribution in [0, 0.1) is 13.8 Å². The molecule has 0 aromatic heterocycles. The first-order valence-corrected chi connectivity index (χ1v) is 6.10. The maximum atomic E-state index is 5.72. The van der Waals surface area contributed by atoms with Gasteiger partial charge in [-0.2, -0.15) is 0 Å². The summed E-state index contributed by atoms with van der Waals surface area (Å²) in [6.07, 6.45) is -0.311. The van der Waals surface area contributed by atoms with Crippen molar-refractivity contribution in [3.63, 3.8) is 0 Å². The molecule has 2 nitrogen and oxygen atoms in total. The van der Waals surface area contributed by atoms with Crippen LogP contribution < -0.4 is 9.47 Å². The van der Waals surface area contributed by atoms with Crippen LogP contribution in [0.1, 0.15) is 18.1 Å². The summed E-state index contributed by atoms with van der Waals surface area (Å²) in [4.78, 5) is 0. The lowest BCUT2D eigenvalue weighted by molar-refractivity contribution is 0.0222. The number of rotatable bonds is 4. The third kappa shape index (κ3) is 3.52. The molecular formula is C16H18O2. The smallest absolute Gasteiger partial charge is 0.238 e. The summed E-state index contributed by atoms with van der Waals surface area (Å²) < 4.78 is 11.4. The molecule has 0 atom stereocenters. The molecule has 18 heavy (non-hydrogen) atoms. The molecule has 0 spiro atoms. The predicted molar refractivity (Wildman–Crippen MR) is 73.1 cm³/mol. The maximum Gasteiger partial charge on any atom is 0.238 e. The van der Waals surface area contributed by atoms with Gasteiger partial charge in [0.15, 0.2) is 0 Å². The third-order valence-corrected chi connectivity index (χ3v) is 2.58. The topological polar surface area (TPSA) is 18.5 Å². The Hall–Kier alpha value is -1.96. The van der Waals surface area contributed by atoms with E-state index in [1.54, 1.807) is 0 Å². The van der Waals surface area contributed by atoms with Crippen LogP contribution in [0.2, 0.25) is 0 Å². The van der Waals surface area contributed by atoms with E-state index >= 15 is 0 Å². The van der Waals surface area contributed by atoms with Gasteiger partial charge in [-0.1, -0.05) is 24.3 Å². The van der Waals surface area contributed by atoms with Crippen LogP contribution in [0.25, 0.3) is 0 Å². The molecule has 0 aliphatic rings. The summed E-state index contributed by atoms with van der Waals surface area (Å²) in [6.45, 7) is 5.97. The molecule has 2 aromatic carbocycles. The lowest BCUT2D eigenvalue weighted by Gasteiger charge is -2.17. The highest BCUT2D eigenvalue weighted by Gasteiger charge is 2.05. The summed E-state index contributed by atoms with van der Waals surface area (Å²) >= 11 is 0. The van der Waals surface area contributed by atoms with E-state index in [0.717, 1.165) is 11.5 Å². The Morgan fingerprint density at radius 2 is 1.22 bits per heavy atom. The quantitative estimate of drug-likeness (QED) is 0.751. The number of ether oxygens (including phenoxy) is 2. The van der Waals surface area contributed by atoms with Gasteiger partial charge in [-0.25, -0.2) is 0 Å². The fourth-order valence-electron chi connectivity index (χ4n) is 1.78. The molecule has 0 heterocycles. The van der Waals surface area contributed by atoms with Gasteiger partial charge in [0, 0.05) is 6.92 Å². The number of aryl methyl sites for hydroxylation is 2. The van der Waals surface area contributed by atoms with Crippen molar-refractivity contribution in [1.29, 1.82) is 0 Å². The van der Waals surface area contributed by atoms with Gasteiger partial charge < -0.3 is 9.47 Å². The largest absolute Gasteiger partial charge is 0.455 e. The Kier molecular flexibility index (Phi) is 3.88. The SMILES string of the molecule is Cc1cccc(OC(C)Oc2cccc(C)c2)c1. The Labute approximate surface area is 108 Å². The molecule has 0 radical (unpaired) electrons. The van der Waals surface area contributed by atoms with Crippen molar-refractivity contribution in [3.8, 4) is 11.5 Å². The molecule has 94 valence electrons. The second-order valence-electron chi connectivity index (χ2n) is 4.44. The fourth-order valence-corrected chi connectivity index (χ4v) is 1.78. The van der Waals surface area contributed by atoms with Crippen LogP contribution in [-0.4, -0.2) is 6.29 Å². The van der Waals surface area contributed by atoms with Crippen LogP contribution in [-0.2, 0) is 0 Å². The van der Waals surface area contributed by atoms with E-state index in [1.807, 2.05) is 69.3 Å². The normalized spacial score (nSPS) is 10.4. The molecule has 2 rings (SSSR count). The highest BCUT2D eigenvalue weighted by Crippen LogP contribution is 2.18. The minimum atomic E-state index is -0.311. The molecule has 0 bridgehead atoms. The lowest BCUT2D eigenvalue weighted by Crippen LogP contribution is -2.19. The minimum absolute atomic E-state index is 0.311. The predicted octanol–water partition coefficient (Wildman–Crippen LogP) is 4.11. The summed E-state index contributed by atoms with van der Waals surface area (Å²) in [5.74, 6) is 1.66. The molecule has 0 aliphatic carbocycles. The minimum Gasteiger partial charge on any atom is -0.455 e. The van der Waals surface area contributed by atoms with Gasteiger partial charge >= 0.3 is 0 Å². The molecule has 0 saturated carbocycles. The average molecular weight is 242 g/mol. The first-order valence-electron chi connectivity index (χ1n) is 6.10. The van der Waals surface area contributed by atoms with Crippen molar-refractivity contribution < 1.29 is 9.47 Å². The fraction of sp³-hybridized carbons (Fsp3) is 0.250. The Morgan fingerprint density at radius 1 is 0.778 bits per heavy atom. The lowest BCUT2D eigenvalue weighted by atomic mass is 10.2. The van der Waals surface area contributed by atoms with E-state index in [-0.39, 0.29) is 6.29 Å². The van der Waals surface area contributed by atoms with E-state index in [9.17, 15) is 0 Å². The van der Waals surface area contributed by atoms with E-state index in [2.05, 4.69) is 0 Å². The summed E-state index contributed by atoms with van der Waals surface area (Å²) in [6, 6.07) is 15.9. The van der Waals surface area contributed by atoms with Crippen LogP contribution in [0.5, 0.6) is 11.5 Å². The summed E-state index contributed by atoms with van der Waals surface area (Å²) in [5.41, 5.74) is 2.35. The van der Waals surface area contributed by atoms with E-state index in [1.165, 1.54) is 11.1 Å². The standard InChI is InChI=1S/C16H18O2/c1-12-6-4-8-15(10-12)17-14(3)18-16-9-5-7-13(2)11-16/h4-11,14H,1-3H3. The van der Waals surface area contributed by atoms with Crippen LogP contribution in [0.4, 0.5) is 0 Å². The van der Waals surface area contributed by atoms with Crippen LogP contribution >= 0.6 is 0 Å². The van der Waals surface area contributed by atoms with Crippen molar-refractivity contribution in [2.24, 2.45) is 0 Å². The van der Waals surface area contributed by atoms with Crippen LogP contribution in [0.3, 0.4) is 0 Å². The van der Waals surface area contributed by atoms with Crippen molar-refractivity contribution >= 4 is 0 Å². The monoisotopic (exact) mass is 242 g/mol. The average Bonchev–Trinajstić information content (AvgIpc) is 2.28. The first-order chi connectivity index (χ1) is 8.63. The summed E-state index contributed by atoms with van der Waals surface area (Å²) in [7, 11) is 0. The summed E-state index contributed by atoms with van der Waals surface area (Å²) in [5, 5.41) is 0. The molecule has 2 heteroatoms.